The fourth-order valence-corrected chi connectivity index (χ4v) is 3.54. The molecule has 1 saturated heterocycles. The van der Waals surface area contributed by atoms with E-state index in [2.05, 4.69) is 0 Å². The number of methoxy groups -OCH3 is 1. The van der Waals surface area contributed by atoms with E-state index in [0.29, 0.717) is 26.3 Å². The molecule has 7 heteroatoms. The normalized spacial score (nSPS) is 15.7. The van der Waals surface area contributed by atoms with E-state index >= 15 is 0 Å². The number of thioether (sulfide) groups is 1. The Bertz CT molecular complexity index is 898. The van der Waals surface area contributed by atoms with Crippen molar-refractivity contribution in [2.75, 3.05) is 14.2 Å². The lowest BCUT2D eigenvalue weighted by Gasteiger charge is -2.12. The molecule has 3 rings (SSSR count). The van der Waals surface area contributed by atoms with Gasteiger partial charge in [0.2, 0.25) is 0 Å². The van der Waals surface area contributed by atoms with Crippen LogP contribution in [-0.2, 0) is 11.4 Å². The van der Waals surface area contributed by atoms with Crippen molar-refractivity contribution < 1.29 is 18.7 Å². The highest BCUT2D eigenvalue weighted by Crippen LogP contribution is 2.34. The predicted octanol–water partition coefficient (Wildman–Crippen LogP) is 4.24. The molecule has 1 amide bonds. The summed E-state index contributed by atoms with van der Waals surface area (Å²) in [4.78, 5) is 14.1. The molecule has 0 radical (unpaired) electrons. The van der Waals surface area contributed by atoms with Gasteiger partial charge in [0.1, 0.15) is 16.7 Å². The summed E-state index contributed by atoms with van der Waals surface area (Å²) in [5.41, 5.74) is 1.25. The van der Waals surface area contributed by atoms with E-state index in [4.69, 9.17) is 21.7 Å². The topological polar surface area (TPSA) is 38.8 Å². The molecule has 0 unspecified atom stereocenters. The van der Waals surface area contributed by atoms with E-state index in [1.165, 1.54) is 29.8 Å². The van der Waals surface area contributed by atoms with Gasteiger partial charge in [0, 0.05) is 12.6 Å². The number of ether oxygens (including phenoxy) is 2. The van der Waals surface area contributed by atoms with Crippen LogP contribution in [0.5, 0.6) is 11.5 Å². The number of hydrogen-bond acceptors (Lipinski definition) is 5. The zero-order valence-corrected chi connectivity index (χ0v) is 15.8. The molecule has 26 heavy (non-hydrogen) atoms. The molecule has 0 aromatic heterocycles. The highest BCUT2D eigenvalue weighted by molar-refractivity contribution is 8.26. The van der Waals surface area contributed by atoms with Gasteiger partial charge < -0.3 is 9.47 Å². The molecule has 0 spiro atoms. The molecule has 0 atom stereocenters. The highest BCUT2D eigenvalue weighted by Gasteiger charge is 2.28. The minimum absolute atomic E-state index is 0.0941. The molecule has 1 aliphatic heterocycles. The van der Waals surface area contributed by atoms with Crippen LogP contribution in [-0.4, -0.2) is 29.3 Å². The molecular formula is C19H16FNO3S2. The maximum absolute atomic E-state index is 13.7. The minimum Gasteiger partial charge on any atom is -0.493 e. The Labute approximate surface area is 160 Å². The lowest BCUT2D eigenvalue weighted by Crippen LogP contribution is -2.22. The minimum atomic E-state index is -0.315. The number of nitrogens with zero attached hydrogens (tertiary/aromatic N) is 1. The fraction of sp³-hybridized carbons (Fsp3) is 0.158. The van der Waals surface area contributed by atoms with Gasteiger partial charge in [-0.1, -0.05) is 48.2 Å². The van der Waals surface area contributed by atoms with Gasteiger partial charge in [-0.05, 0) is 29.8 Å². The van der Waals surface area contributed by atoms with Crippen molar-refractivity contribution in [2.24, 2.45) is 0 Å². The van der Waals surface area contributed by atoms with Gasteiger partial charge in [-0.15, -0.1) is 0 Å². The van der Waals surface area contributed by atoms with E-state index in [9.17, 15) is 9.18 Å². The van der Waals surface area contributed by atoms with Crippen molar-refractivity contribution in [1.29, 1.82) is 0 Å². The van der Waals surface area contributed by atoms with Crippen LogP contribution in [0.2, 0.25) is 0 Å². The number of halogens is 1. The molecule has 2 aromatic rings. The molecule has 1 aliphatic rings. The van der Waals surface area contributed by atoms with Crippen molar-refractivity contribution in [2.45, 2.75) is 6.61 Å². The van der Waals surface area contributed by atoms with Crippen molar-refractivity contribution in [1.82, 2.24) is 4.90 Å². The van der Waals surface area contributed by atoms with Crippen LogP contribution in [0, 0.1) is 5.82 Å². The van der Waals surface area contributed by atoms with Gasteiger partial charge in [-0.25, -0.2) is 4.39 Å². The first-order valence-electron chi connectivity index (χ1n) is 7.75. The molecule has 134 valence electrons. The van der Waals surface area contributed by atoms with E-state index in [-0.39, 0.29) is 18.3 Å². The average Bonchev–Trinajstić information content (AvgIpc) is 2.88. The molecule has 2 aromatic carbocycles. The first-order valence-corrected chi connectivity index (χ1v) is 8.98. The third kappa shape index (κ3) is 3.89. The largest absolute Gasteiger partial charge is 0.493 e. The number of carbonyl (C=O) groups is 1. The number of hydrogen-bond donors (Lipinski definition) is 0. The van der Waals surface area contributed by atoms with Crippen LogP contribution >= 0.6 is 24.0 Å². The molecule has 0 saturated carbocycles. The second-order valence-electron chi connectivity index (χ2n) is 5.53. The third-order valence-electron chi connectivity index (χ3n) is 3.81. The maximum Gasteiger partial charge on any atom is 0.265 e. The third-order valence-corrected chi connectivity index (χ3v) is 5.30. The lowest BCUT2D eigenvalue weighted by molar-refractivity contribution is -0.121. The number of amides is 1. The Balaban J connectivity index is 1.79. The van der Waals surface area contributed by atoms with Crippen molar-refractivity contribution in [3.8, 4) is 11.5 Å². The molecule has 1 heterocycles. The second-order valence-corrected chi connectivity index (χ2v) is 7.21. The van der Waals surface area contributed by atoms with Crippen molar-refractivity contribution in [3.05, 3.63) is 64.3 Å². The highest BCUT2D eigenvalue weighted by atomic mass is 32.2. The Morgan fingerprint density at radius 1 is 1.23 bits per heavy atom. The van der Waals surface area contributed by atoms with Gasteiger partial charge in [0.15, 0.2) is 11.5 Å². The van der Waals surface area contributed by atoms with Crippen LogP contribution in [0.1, 0.15) is 11.1 Å². The molecule has 0 bridgehead atoms. The van der Waals surface area contributed by atoms with Crippen LogP contribution < -0.4 is 9.47 Å². The number of rotatable bonds is 5. The Hall–Kier alpha value is -2.38. The standard InChI is InChI=1S/C19H16FNO3S2/c1-21-18(22)17(26-19(21)25)10-12-7-8-15(16(9-12)23-2)24-11-13-5-3-4-6-14(13)20/h3-10H,11H2,1-2H3. The molecule has 1 fully saturated rings. The van der Waals surface area contributed by atoms with Crippen molar-refractivity contribution >= 4 is 40.3 Å². The summed E-state index contributed by atoms with van der Waals surface area (Å²) < 4.78 is 25.3. The summed E-state index contributed by atoms with van der Waals surface area (Å²) in [6.07, 6.45) is 1.76. The smallest absolute Gasteiger partial charge is 0.265 e. The summed E-state index contributed by atoms with van der Waals surface area (Å²) in [7, 11) is 3.18. The van der Waals surface area contributed by atoms with E-state index in [1.807, 2.05) is 0 Å². The van der Waals surface area contributed by atoms with E-state index < -0.39 is 0 Å². The van der Waals surface area contributed by atoms with Gasteiger partial charge in [0.05, 0.1) is 12.0 Å². The first-order chi connectivity index (χ1) is 12.5. The van der Waals surface area contributed by atoms with Gasteiger partial charge in [-0.2, -0.15) is 0 Å². The maximum atomic E-state index is 13.7. The molecule has 0 N–H and O–H groups in total. The SMILES string of the molecule is COc1cc(C=C2SC(=S)N(C)C2=O)ccc1OCc1ccccc1F. The van der Waals surface area contributed by atoms with Gasteiger partial charge in [0.25, 0.3) is 5.91 Å². The monoisotopic (exact) mass is 389 g/mol. The molecular weight excluding hydrogens is 373 g/mol. The zero-order valence-electron chi connectivity index (χ0n) is 14.2. The Morgan fingerprint density at radius 2 is 2.00 bits per heavy atom. The van der Waals surface area contributed by atoms with Crippen LogP contribution in [0.3, 0.4) is 0 Å². The van der Waals surface area contributed by atoms with Crippen molar-refractivity contribution in [3.63, 3.8) is 0 Å². The summed E-state index contributed by atoms with van der Waals surface area (Å²) >= 11 is 6.38. The number of benzene rings is 2. The summed E-state index contributed by atoms with van der Waals surface area (Å²) in [6.45, 7) is 0.0941. The molecule has 4 nitrogen and oxygen atoms in total. The first kappa shape index (κ1) is 18.4. The predicted molar refractivity (Wildman–Crippen MR) is 105 cm³/mol. The van der Waals surface area contributed by atoms with Crippen LogP contribution in [0.4, 0.5) is 4.39 Å². The second kappa shape index (κ2) is 7.88. The van der Waals surface area contributed by atoms with E-state index in [0.717, 1.165) is 5.56 Å². The summed E-state index contributed by atoms with van der Waals surface area (Å²) in [5, 5.41) is 0. The Morgan fingerprint density at radius 3 is 2.65 bits per heavy atom. The fourth-order valence-electron chi connectivity index (χ4n) is 2.36. The number of carbonyl (C=O) groups excluding carboxylic acids is 1. The van der Waals surface area contributed by atoms with E-state index in [1.54, 1.807) is 49.5 Å². The van der Waals surface area contributed by atoms with Crippen LogP contribution in [0.25, 0.3) is 6.08 Å². The zero-order chi connectivity index (χ0) is 18.7. The quantitative estimate of drug-likeness (QED) is 0.565. The summed E-state index contributed by atoms with van der Waals surface area (Å²) in [6, 6.07) is 11.8. The van der Waals surface area contributed by atoms with Gasteiger partial charge in [-0.3, -0.25) is 9.69 Å². The number of thiocarbonyl (C=S) groups is 1. The van der Waals surface area contributed by atoms with Crippen LogP contribution in [0.15, 0.2) is 47.4 Å². The summed E-state index contributed by atoms with van der Waals surface area (Å²) in [5.74, 6) is 0.557. The Kier molecular flexibility index (Phi) is 5.58. The lowest BCUT2D eigenvalue weighted by atomic mass is 10.1. The van der Waals surface area contributed by atoms with Gasteiger partial charge >= 0.3 is 0 Å². The number of likely N-dealkylation sites (N-methyl/N-ethyl adjacent to an activating group) is 1. The average molecular weight is 389 g/mol. The molecule has 0 aliphatic carbocycles.